The lowest BCUT2D eigenvalue weighted by Crippen LogP contribution is -2.45. The molecular formula is C14H21N5O. The molecule has 1 amide bonds. The fraction of sp³-hybridized carbons (Fsp3) is 0.643. The molecule has 2 N–H and O–H groups in total. The molecule has 1 aliphatic heterocycles. The number of amides is 1. The highest BCUT2D eigenvalue weighted by Gasteiger charge is 2.23. The summed E-state index contributed by atoms with van der Waals surface area (Å²) in [5.74, 6) is 0.456. The number of nitrogens with zero attached hydrogens (tertiary/aromatic N) is 4. The molecule has 0 radical (unpaired) electrons. The summed E-state index contributed by atoms with van der Waals surface area (Å²) in [4.78, 5) is 25.1. The second-order valence-corrected chi connectivity index (χ2v) is 5.68. The summed E-state index contributed by atoms with van der Waals surface area (Å²) in [6, 6.07) is 0. The van der Waals surface area contributed by atoms with Gasteiger partial charge >= 0.3 is 0 Å². The van der Waals surface area contributed by atoms with E-state index in [-0.39, 0.29) is 12.3 Å². The minimum Gasteiger partial charge on any atom is -0.369 e. The number of hydrogen-bond acceptors (Lipinski definition) is 5. The second kappa shape index (κ2) is 5.36. The summed E-state index contributed by atoms with van der Waals surface area (Å²) in [7, 11) is 2.12. The number of nitrogens with two attached hydrogens (primary N) is 1. The van der Waals surface area contributed by atoms with E-state index in [9.17, 15) is 4.79 Å². The quantitative estimate of drug-likeness (QED) is 0.823. The summed E-state index contributed by atoms with van der Waals surface area (Å²) >= 11 is 0. The van der Waals surface area contributed by atoms with E-state index in [1.807, 2.05) is 0 Å². The third-order valence-electron chi connectivity index (χ3n) is 4.13. The lowest BCUT2D eigenvalue weighted by molar-refractivity contribution is -0.117. The van der Waals surface area contributed by atoms with Crippen molar-refractivity contribution in [1.29, 1.82) is 0 Å². The van der Waals surface area contributed by atoms with E-state index in [2.05, 4.69) is 21.8 Å². The van der Waals surface area contributed by atoms with Gasteiger partial charge in [-0.1, -0.05) is 0 Å². The molecule has 1 saturated heterocycles. The molecule has 108 valence electrons. The zero-order chi connectivity index (χ0) is 14.1. The monoisotopic (exact) mass is 275 g/mol. The van der Waals surface area contributed by atoms with Gasteiger partial charge in [0.15, 0.2) is 0 Å². The number of likely N-dealkylation sites (N-methyl/N-ethyl adjacent to an activating group) is 1. The molecule has 2 aliphatic rings. The first-order valence-corrected chi connectivity index (χ1v) is 7.24. The third kappa shape index (κ3) is 2.60. The topological polar surface area (TPSA) is 75.3 Å². The molecular weight excluding hydrogens is 254 g/mol. The highest BCUT2D eigenvalue weighted by Crippen LogP contribution is 2.25. The van der Waals surface area contributed by atoms with Crippen molar-refractivity contribution >= 4 is 11.9 Å². The van der Waals surface area contributed by atoms with Gasteiger partial charge < -0.3 is 15.5 Å². The molecule has 0 atom stereocenters. The molecule has 1 aromatic heterocycles. The normalized spacial score (nSPS) is 19.1. The van der Waals surface area contributed by atoms with Crippen LogP contribution in [0.1, 0.15) is 23.4 Å². The lowest BCUT2D eigenvalue weighted by atomic mass is 10.1. The summed E-state index contributed by atoms with van der Waals surface area (Å²) in [5.41, 5.74) is 8.46. The molecule has 0 unspecified atom stereocenters. The van der Waals surface area contributed by atoms with Crippen LogP contribution in [0, 0.1) is 0 Å². The number of anilines is 1. The van der Waals surface area contributed by atoms with Crippen molar-refractivity contribution in [2.75, 3.05) is 38.1 Å². The smallest absolute Gasteiger partial charge is 0.225 e. The number of aryl methyl sites for hydroxylation is 1. The summed E-state index contributed by atoms with van der Waals surface area (Å²) in [6.07, 6.45) is 3.29. The van der Waals surface area contributed by atoms with Gasteiger partial charge in [0.1, 0.15) is 0 Å². The lowest BCUT2D eigenvalue weighted by Gasteiger charge is -2.32. The first-order chi connectivity index (χ1) is 9.63. The van der Waals surface area contributed by atoms with E-state index in [4.69, 9.17) is 10.7 Å². The molecule has 6 heteroatoms. The van der Waals surface area contributed by atoms with Crippen molar-refractivity contribution in [1.82, 2.24) is 14.9 Å². The van der Waals surface area contributed by atoms with E-state index >= 15 is 0 Å². The average molecular weight is 275 g/mol. The number of piperazine rings is 1. The zero-order valence-electron chi connectivity index (χ0n) is 11.9. The summed E-state index contributed by atoms with van der Waals surface area (Å²) < 4.78 is 0. The van der Waals surface area contributed by atoms with Crippen LogP contribution >= 0.6 is 0 Å². The predicted octanol–water partition coefficient (Wildman–Crippen LogP) is -0.255. The largest absolute Gasteiger partial charge is 0.369 e. The number of aromatic nitrogens is 2. The van der Waals surface area contributed by atoms with Crippen LogP contribution in [0.3, 0.4) is 0 Å². The van der Waals surface area contributed by atoms with Crippen LogP contribution in [0.5, 0.6) is 0 Å². The molecule has 2 heterocycles. The number of carbonyl (C=O) groups excluding carboxylic acids is 1. The molecule has 1 fully saturated rings. The van der Waals surface area contributed by atoms with Crippen LogP contribution in [-0.4, -0.2) is 54.0 Å². The van der Waals surface area contributed by atoms with Crippen LogP contribution in [-0.2, 0) is 24.1 Å². The third-order valence-corrected chi connectivity index (χ3v) is 4.13. The Morgan fingerprint density at radius 3 is 2.65 bits per heavy atom. The average Bonchev–Trinajstić information content (AvgIpc) is 2.87. The summed E-state index contributed by atoms with van der Waals surface area (Å²) in [6.45, 7) is 3.91. The Labute approximate surface area is 119 Å². The van der Waals surface area contributed by atoms with Gasteiger partial charge in [-0.25, -0.2) is 9.97 Å². The van der Waals surface area contributed by atoms with Gasteiger partial charge in [-0.2, -0.15) is 0 Å². The number of carbonyl (C=O) groups is 1. The highest BCUT2D eigenvalue weighted by atomic mass is 16.1. The van der Waals surface area contributed by atoms with Gasteiger partial charge in [0.25, 0.3) is 0 Å². The van der Waals surface area contributed by atoms with Gasteiger partial charge in [0.05, 0.1) is 12.1 Å². The van der Waals surface area contributed by atoms with E-state index < -0.39 is 0 Å². The molecule has 3 rings (SSSR count). The molecule has 1 aromatic rings. The Balaban J connectivity index is 1.90. The Kier molecular flexibility index (Phi) is 3.56. The fourth-order valence-corrected chi connectivity index (χ4v) is 2.96. The number of fused-ring (bicyclic) bond motifs is 1. The maximum Gasteiger partial charge on any atom is 0.225 e. The van der Waals surface area contributed by atoms with Crippen LogP contribution in [0.2, 0.25) is 0 Å². The predicted molar refractivity (Wildman–Crippen MR) is 76.7 cm³/mol. The number of rotatable bonds is 3. The van der Waals surface area contributed by atoms with Crippen molar-refractivity contribution in [3.05, 3.63) is 17.0 Å². The molecule has 1 aliphatic carbocycles. The van der Waals surface area contributed by atoms with E-state index in [0.717, 1.165) is 68.3 Å². The minimum atomic E-state index is -0.317. The SMILES string of the molecule is CN1CCN(c2nc3c(c(CC(N)=O)n2)CCC3)CC1. The molecule has 0 aromatic carbocycles. The van der Waals surface area contributed by atoms with Gasteiger partial charge in [-0.3, -0.25) is 4.79 Å². The zero-order valence-corrected chi connectivity index (χ0v) is 11.9. The Morgan fingerprint density at radius 1 is 1.20 bits per heavy atom. The first kappa shape index (κ1) is 13.3. The number of hydrogen-bond donors (Lipinski definition) is 1. The van der Waals surface area contributed by atoms with E-state index in [1.165, 1.54) is 0 Å². The van der Waals surface area contributed by atoms with Gasteiger partial charge in [-0.15, -0.1) is 0 Å². The van der Waals surface area contributed by atoms with Crippen molar-refractivity contribution in [3.63, 3.8) is 0 Å². The summed E-state index contributed by atoms with van der Waals surface area (Å²) in [5, 5.41) is 0. The maximum absolute atomic E-state index is 11.2. The Hall–Kier alpha value is -1.69. The second-order valence-electron chi connectivity index (χ2n) is 5.68. The van der Waals surface area contributed by atoms with Crippen molar-refractivity contribution in [3.8, 4) is 0 Å². The van der Waals surface area contributed by atoms with Gasteiger partial charge in [0, 0.05) is 31.9 Å². The molecule has 6 nitrogen and oxygen atoms in total. The maximum atomic E-state index is 11.2. The van der Waals surface area contributed by atoms with Crippen LogP contribution < -0.4 is 10.6 Å². The standard InChI is InChI=1S/C14H21N5O/c1-18-5-7-19(8-6-18)14-16-11-4-2-3-10(11)12(17-14)9-13(15)20/h2-9H2,1H3,(H2,15,20). The fourth-order valence-electron chi connectivity index (χ4n) is 2.96. The van der Waals surface area contributed by atoms with Gasteiger partial charge in [0.2, 0.25) is 11.9 Å². The van der Waals surface area contributed by atoms with Crippen LogP contribution in [0.4, 0.5) is 5.95 Å². The van der Waals surface area contributed by atoms with Crippen molar-refractivity contribution < 1.29 is 4.79 Å². The molecule has 0 bridgehead atoms. The molecule has 0 spiro atoms. The van der Waals surface area contributed by atoms with E-state index in [0.29, 0.717) is 0 Å². The van der Waals surface area contributed by atoms with Crippen molar-refractivity contribution in [2.45, 2.75) is 25.7 Å². The highest BCUT2D eigenvalue weighted by molar-refractivity contribution is 5.76. The van der Waals surface area contributed by atoms with Crippen LogP contribution in [0.25, 0.3) is 0 Å². The molecule has 0 saturated carbocycles. The van der Waals surface area contributed by atoms with E-state index in [1.54, 1.807) is 0 Å². The minimum absolute atomic E-state index is 0.228. The Bertz CT molecular complexity index is 523. The Morgan fingerprint density at radius 2 is 1.95 bits per heavy atom. The van der Waals surface area contributed by atoms with Crippen molar-refractivity contribution in [2.24, 2.45) is 5.73 Å². The van der Waals surface area contributed by atoms with Gasteiger partial charge in [-0.05, 0) is 31.9 Å². The number of primary amides is 1. The first-order valence-electron chi connectivity index (χ1n) is 7.24. The molecule has 20 heavy (non-hydrogen) atoms. The van der Waals surface area contributed by atoms with Crippen LogP contribution in [0.15, 0.2) is 0 Å².